The van der Waals surface area contributed by atoms with Crippen molar-refractivity contribution in [1.29, 1.82) is 5.41 Å². The first-order valence-corrected chi connectivity index (χ1v) is 5.88. The first-order valence-electron chi connectivity index (χ1n) is 5.88. The molecule has 0 radical (unpaired) electrons. The number of morpholine rings is 1. The van der Waals surface area contributed by atoms with Gasteiger partial charge in [0.2, 0.25) is 0 Å². The van der Waals surface area contributed by atoms with Crippen LogP contribution in [0.25, 0.3) is 5.65 Å². The Morgan fingerprint density at radius 3 is 3.22 bits per heavy atom. The van der Waals surface area contributed by atoms with Crippen LogP contribution in [0.4, 0.5) is 5.82 Å². The maximum Gasteiger partial charge on any atom is 0.138 e. The highest BCUT2D eigenvalue weighted by atomic mass is 16.5. The lowest BCUT2D eigenvalue weighted by atomic mass is 10.2. The minimum absolute atomic E-state index is 0.0810. The number of aromatic nitrogens is 2. The van der Waals surface area contributed by atoms with Crippen molar-refractivity contribution in [3.8, 4) is 0 Å². The lowest BCUT2D eigenvalue weighted by molar-refractivity contribution is 0.0822. The third-order valence-electron chi connectivity index (χ3n) is 3.14. The monoisotopic (exact) mass is 245 g/mol. The summed E-state index contributed by atoms with van der Waals surface area (Å²) in [5, 5.41) is 7.48. The second-order valence-electron chi connectivity index (χ2n) is 4.30. The zero-order chi connectivity index (χ0) is 12.5. The van der Waals surface area contributed by atoms with Gasteiger partial charge < -0.3 is 15.4 Å². The van der Waals surface area contributed by atoms with Gasteiger partial charge in [-0.2, -0.15) is 0 Å². The molecule has 6 heteroatoms. The predicted octanol–water partition coefficient (Wildman–Crippen LogP) is 0.475. The summed E-state index contributed by atoms with van der Waals surface area (Å²) >= 11 is 0. The Morgan fingerprint density at radius 2 is 2.39 bits per heavy atom. The van der Waals surface area contributed by atoms with E-state index in [2.05, 4.69) is 9.88 Å². The number of nitrogens with one attached hydrogen (secondary N) is 1. The number of hydrogen-bond acceptors (Lipinski definition) is 4. The van der Waals surface area contributed by atoms with Crippen molar-refractivity contribution in [1.82, 2.24) is 9.38 Å². The van der Waals surface area contributed by atoms with E-state index >= 15 is 0 Å². The SMILES string of the molecule is N=C(N)C1CN(c2cccc3nccn23)CCO1. The third kappa shape index (κ3) is 1.80. The van der Waals surface area contributed by atoms with Crippen LogP contribution in [0.5, 0.6) is 0 Å². The quantitative estimate of drug-likeness (QED) is 0.595. The van der Waals surface area contributed by atoms with Gasteiger partial charge in [0.1, 0.15) is 23.4 Å². The minimum Gasteiger partial charge on any atom is -0.385 e. The summed E-state index contributed by atoms with van der Waals surface area (Å²) in [4.78, 5) is 6.44. The molecule has 0 bridgehead atoms. The average Bonchev–Trinajstić information content (AvgIpc) is 2.87. The molecule has 0 aliphatic carbocycles. The fraction of sp³-hybridized carbons (Fsp3) is 0.333. The number of nitrogens with two attached hydrogens (primary N) is 1. The van der Waals surface area contributed by atoms with Gasteiger partial charge in [0.25, 0.3) is 0 Å². The third-order valence-corrected chi connectivity index (χ3v) is 3.14. The van der Waals surface area contributed by atoms with Crippen molar-refractivity contribution >= 4 is 17.3 Å². The molecule has 3 N–H and O–H groups in total. The summed E-state index contributed by atoms with van der Waals surface area (Å²) in [5.41, 5.74) is 6.43. The molecule has 2 aromatic rings. The molecule has 1 atom stereocenters. The Hall–Kier alpha value is -2.08. The molecule has 1 fully saturated rings. The molecule has 0 amide bonds. The van der Waals surface area contributed by atoms with Crippen molar-refractivity contribution in [2.75, 3.05) is 24.6 Å². The Morgan fingerprint density at radius 1 is 1.50 bits per heavy atom. The van der Waals surface area contributed by atoms with Crippen molar-refractivity contribution in [2.24, 2.45) is 5.73 Å². The van der Waals surface area contributed by atoms with Crippen molar-refractivity contribution in [3.63, 3.8) is 0 Å². The number of anilines is 1. The van der Waals surface area contributed by atoms with Crippen LogP contribution in [0.1, 0.15) is 0 Å². The van der Waals surface area contributed by atoms with Crippen molar-refractivity contribution in [2.45, 2.75) is 6.10 Å². The average molecular weight is 245 g/mol. The molecule has 3 rings (SSSR count). The molecule has 2 aromatic heterocycles. The Labute approximate surface area is 104 Å². The molecular weight excluding hydrogens is 230 g/mol. The zero-order valence-corrected chi connectivity index (χ0v) is 9.91. The first kappa shape index (κ1) is 11.0. The summed E-state index contributed by atoms with van der Waals surface area (Å²) in [6.45, 7) is 1.98. The molecule has 1 aliphatic heterocycles. The van der Waals surface area contributed by atoms with Crippen LogP contribution in [0.3, 0.4) is 0 Å². The van der Waals surface area contributed by atoms with E-state index in [4.69, 9.17) is 15.9 Å². The second-order valence-corrected chi connectivity index (χ2v) is 4.30. The van der Waals surface area contributed by atoms with Crippen LogP contribution in [-0.4, -0.2) is 41.0 Å². The van der Waals surface area contributed by atoms with E-state index in [-0.39, 0.29) is 11.9 Å². The number of nitrogens with zero attached hydrogens (tertiary/aromatic N) is 3. The van der Waals surface area contributed by atoms with Gasteiger partial charge in [-0.15, -0.1) is 0 Å². The lowest BCUT2D eigenvalue weighted by Gasteiger charge is -2.34. The number of pyridine rings is 1. The summed E-state index contributed by atoms with van der Waals surface area (Å²) in [6, 6.07) is 5.99. The summed E-state index contributed by atoms with van der Waals surface area (Å²) in [7, 11) is 0. The molecular formula is C12H15N5O. The maximum atomic E-state index is 7.48. The van der Waals surface area contributed by atoms with Gasteiger partial charge in [-0.1, -0.05) is 6.07 Å². The van der Waals surface area contributed by atoms with Crippen LogP contribution in [0.15, 0.2) is 30.6 Å². The smallest absolute Gasteiger partial charge is 0.138 e. The zero-order valence-electron chi connectivity index (χ0n) is 9.91. The van der Waals surface area contributed by atoms with Gasteiger partial charge >= 0.3 is 0 Å². The molecule has 1 aliphatic rings. The summed E-state index contributed by atoms with van der Waals surface area (Å²) in [6.07, 6.45) is 3.39. The number of fused-ring (bicyclic) bond motifs is 1. The highest BCUT2D eigenvalue weighted by molar-refractivity contribution is 5.82. The highest BCUT2D eigenvalue weighted by Gasteiger charge is 2.23. The first-order chi connectivity index (χ1) is 8.75. The summed E-state index contributed by atoms with van der Waals surface area (Å²) in [5.74, 6) is 1.14. The maximum absolute atomic E-state index is 7.48. The van der Waals surface area contributed by atoms with Crippen LogP contribution in [0.2, 0.25) is 0 Å². The van der Waals surface area contributed by atoms with Gasteiger partial charge in [0, 0.05) is 18.9 Å². The molecule has 0 spiro atoms. The number of rotatable bonds is 2. The van der Waals surface area contributed by atoms with Crippen LogP contribution in [-0.2, 0) is 4.74 Å². The molecule has 6 nitrogen and oxygen atoms in total. The van der Waals surface area contributed by atoms with E-state index in [0.29, 0.717) is 13.2 Å². The van der Waals surface area contributed by atoms with Crippen molar-refractivity contribution in [3.05, 3.63) is 30.6 Å². The molecule has 1 unspecified atom stereocenters. The standard InChI is InChI=1S/C12H15N5O/c13-12(14)9-8-16(6-7-18-9)11-3-1-2-10-15-4-5-17(10)11/h1-5,9H,6-8H2,(H3,13,14). The number of amidine groups is 1. The van der Waals surface area contributed by atoms with Gasteiger partial charge in [-0.05, 0) is 12.1 Å². The molecule has 0 saturated carbocycles. The molecule has 1 saturated heterocycles. The minimum atomic E-state index is -0.322. The normalized spacial score (nSPS) is 20.2. The Balaban J connectivity index is 1.94. The fourth-order valence-electron chi connectivity index (χ4n) is 2.24. The van der Waals surface area contributed by atoms with E-state index in [9.17, 15) is 0 Å². The van der Waals surface area contributed by atoms with E-state index in [1.165, 1.54) is 0 Å². The fourth-order valence-corrected chi connectivity index (χ4v) is 2.24. The van der Waals surface area contributed by atoms with Gasteiger partial charge in [-0.25, -0.2) is 4.98 Å². The Bertz CT molecular complexity index is 579. The van der Waals surface area contributed by atoms with Crippen LogP contribution >= 0.6 is 0 Å². The number of imidazole rings is 1. The van der Waals surface area contributed by atoms with Gasteiger partial charge in [0.15, 0.2) is 0 Å². The van der Waals surface area contributed by atoms with Gasteiger partial charge in [-0.3, -0.25) is 9.81 Å². The molecule has 3 heterocycles. The Kier molecular flexibility index (Phi) is 2.64. The van der Waals surface area contributed by atoms with Gasteiger partial charge in [0.05, 0.1) is 13.2 Å². The largest absolute Gasteiger partial charge is 0.385 e. The second kappa shape index (κ2) is 4.30. The van der Waals surface area contributed by atoms with E-state index in [0.717, 1.165) is 18.0 Å². The molecule has 0 aromatic carbocycles. The lowest BCUT2D eigenvalue weighted by Crippen LogP contribution is -2.48. The van der Waals surface area contributed by atoms with E-state index in [1.807, 2.05) is 28.8 Å². The summed E-state index contributed by atoms with van der Waals surface area (Å²) < 4.78 is 7.50. The predicted molar refractivity (Wildman–Crippen MR) is 69.1 cm³/mol. The molecule has 18 heavy (non-hydrogen) atoms. The topological polar surface area (TPSA) is 79.6 Å². The van der Waals surface area contributed by atoms with Crippen LogP contribution in [0, 0.1) is 5.41 Å². The number of hydrogen-bond donors (Lipinski definition) is 2. The van der Waals surface area contributed by atoms with Crippen LogP contribution < -0.4 is 10.6 Å². The molecule has 94 valence electrons. The number of ether oxygens (including phenoxy) is 1. The van der Waals surface area contributed by atoms with E-state index < -0.39 is 0 Å². The van der Waals surface area contributed by atoms with E-state index in [1.54, 1.807) is 6.20 Å². The highest BCUT2D eigenvalue weighted by Crippen LogP contribution is 2.19. The van der Waals surface area contributed by atoms with Crippen molar-refractivity contribution < 1.29 is 4.74 Å².